The van der Waals surface area contributed by atoms with E-state index < -0.39 is 10.0 Å². The normalized spacial score (nSPS) is 20.8. The van der Waals surface area contributed by atoms with Crippen LogP contribution in [0.3, 0.4) is 0 Å². The molecular weight excluding hydrogens is 326 g/mol. The minimum absolute atomic E-state index is 0.0510. The maximum absolute atomic E-state index is 12.5. The number of hydrogen-bond donors (Lipinski definition) is 0. The van der Waals surface area contributed by atoms with Crippen LogP contribution in [0.4, 0.5) is 0 Å². The van der Waals surface area contributed by atoms with Crippen molar-refractivity contribution in [3.63, 3.8) is 0 Å². The first-order chi connectivity index (χ1) is 11.4. The van der Waals surface area contributed by atoms with Crippen molar-refractivity contribution in [1.82, 2.24) is 9.80 Å². The average Bonchev–Trinajstić information content (AvgIpc) is 2.71. The molecule has 0 saturated carbocycles. The van der Waals surface area contributed by atoms with Crippen LogP contribution in [0.15, 0.2) is 40.3 Å². The van der Waals surface area contributed by atoms with E-state index >= 15 is 0 Å². The second-order valence-electron chi connectivity index (χ2n) is 6.06. The molecule has 0 aliphatic carbocycles. The molecule has 3 rings (SSSR count). The number of nitrogens with zero attached hydrogens (tertiary/aromatic N) is 3. The van der Waals surface area contributed by atoms with Crippen LogP contribution in [-0.2, 0) is 14.8 Å². The summed E-state index contributed by atoms with van der Waals surface area (Å²) >= 11 is 0. The standard InChI is InChI=1S/C17H21N3O3S/c1-13-16(15-7-4-3-5-8-15)24(22,23)18-17(13)20-10-6-9-19(11-12-20)14(2)21/h3-5,7-8H,6,9-12H2,1-2H3. The molecule has 1 fully saturated rings. The van der Waals surface area contributed by atoms with Crippen molar-refractivity contribution in [3.8, 4) is 0 Å². The lowest BCUT2D eigenvalue weighted by Gasteiger charge is -2.23. The lowest BCUT2D eigenvalue weighted by molar-refractivity contribution is -0.128. The molecule has 2 aliphatic heterocycles. The largest absolute Gasteiger partial charge is 0.354 e. The summed E-state index contributed by atoms with van der Waals surface area (Å²) in [5.74, 6) is 0.564. The Labute approximate surface area is 142 Å². The van der Waals surface area contributed by atoms with Gasteiger partial charge in [0, 0.05) is 38.7 Å². The molecule has 6 nitrogen and oxygen atoms in total. The third kappa shape index (κ3) is 3.08. The van der Waals surface area contributed by atoms with Crippen LogP contribution >= 0.6 is 0 Å². The number of hydrogen-bond acceptors (Lipinski definition) is 4. The highest BCUT2D eigenvalue weighted by atomic mass is 32.2. The van der Waals surface area contributed by atoms with Gasteiger partial charge >= 0.3 is 0 Å². The number of amides is 1. The summed E-state index contributed by atoms with van der Waals surface area (Å²) in [4.78, 5) is 15.6. The molecule has 0 atom stereocenters. The maximum Gasteiger partial charge on any atom is 0.285 e. The monoisotopic (exact) mass is 347 g/mol. The Morgan fingerprint density at radius 1 is 1.08 bits per heavy atom. The van der Waals surface area contributed by atoms with Gasteiger partial charge in [0.1, 0.15) is 10.7 Å². The van der Waals surface area contributed by atoms with Gasteiger partial charge in [-0.1, -0.05) is 30.3 Å². The quantitative estimate of drug-likeness (QED) is 0.775. The van der Waals surface area contributed by atoms with E-state index in [-0.39, 0.29) is 10.8 Å². The van der Waals surface area contributed by atoms with E-state index in [4.69, 9.17) is 0 Å². The van der Waals surface area contributed by atoms with E-state index in [1.165, 1.54) is 0 Å². The molecule has 0 spiro atoms. The van der Waals surface area contributed by atoms with Crippen LogP contribution < -0.4 is 0 Å². The number of amidine groups is 1. The maximum atomic E-state index is 12.5. The minimum atomic E-state index is -3.68. The first-order valence-electron chi connectivity index (χ1n) is 8.02. The lowest BCUT2D eigenvalue weighted by Crippen LogP contribution is -2.36. The Bertz CT molecular complexity index is 813. The van der Waals surface area contributed by atoms with E-state index in [1.54, 1.807) is 30.9 Å². The predicted molar refractivity (Wildman–Crippen MR) is 93.8 cm³/mol. The lowest BCUT2D eigenvalue weighted by atomic mass is 10.1. The Morgan fingerprint density at radius 3 is 2.46 bits per heavy atom. The number of sulfonamides is 1. The van der Waals surface area contributed by atoms with Crippen LogP contribution in [0, 0.1) is 0 Å². The summed E-state index contributed by atoms with van der Waals surface area (Å²) < 4.78 is 29.1. The van der Waals surface area contributed by atoms with Crippen LogP contribution in [0.1, 0.15) is 25.8 Å². The van der Waals surface area contributed by atoms with E-state index in [2.05, 4.69) is 4.40 Å². The van der Waals surface area contributed by atoms with Crippen molar-refractivity contribution >= 4 is 26.7 Å². The predicted octanol–water partition coefficient (Wildman–Crippen LogP) is 1.71. The summed E-state index contributed by atoms with van der Waals surface area (Å²) in [6, 6.07) is 9.07. The SMILES string of the molecule is CC(=O)N1CCCN(C2=NS(=O)(=O)C(c3ccccc3)=C2C)CC1. The van der Waals surface area contributed by atoms with Crippen molar-refractivity contribution in [1.29, 1.82) is 0 Å². The summed E-state index contributed by atoms with van der Waals surface area (Å²) in [5, 5.41) is 0. The molecule has 0 bridgehead atoms. The molecule has 1 aromatic rings. The van der Waals surface area contributed by atoms with E-state index in [1.807, 2.05) is 23.1 Å². The van der Waals surface area contributed by atoms with Crippen LogP contribution in [0.25, 0.3) is 4.91 Å². The number of benzene rings is 1. The van der Waals surface area contributed by atoms with Gasteiger partial charge in [0.05, 0.1) is 0 Å². The summed E-state index contributed by atoms with van der Waals surface area (Å²) in [7, 11) is -3.68. The molecule has 24 heavy (non-hydrogen) atoms. The van der Waals surface area contributed by atoms with Crippen molar-refractivity contribution in [3.05, 3.63) is 41.5 Å². The van der Waals surface area contributed by atoms with Gasteiger partial charge in [-0.2, -0.15) is 8.42 Å². The fourth-order valence-electron chi connectivity index (χ4n) is 3.22. The minimum Gasteiger partial charge on any atom is -0.354 e. The topological polar surface area (TPSA) is 70.1 Å². The smallest absolute Gasteiger partial charge is 0.285 e. The molecule has 1 amide bonds. The van der Waals surface area contributed by atoms with Gasteiger partial charge in [-0.3, -0.25) is 4.79 Å². The van der Waals surface area contributed by atoms with Crippen molar-refractivity contribution < 1.29 is 13.2 Å². The zero-order valence-electron chi connectivity index (χ0n) is 13.9. The summed E-state index contributed by atoms with van der Waals surface area (Å²) in [5.41, 5.74) is 1.34. The second-order valence-corrected chi connectivity index (χ2v) is 7.60. The molecule has 0 unspecified atom stereocenters. The third-order valence-corrected chi connectivity index (χ3v) is 5.89. The summed E-state index contributed by atoms with van der Waals surface area (Å²) in [6.07, 6.45) is 0.798. The van der Waals surface area contributed by atoms with Gasteiger partial charge < -0.3 is 9.80 Å². The van der Waals surface area contributed by atoms with Gasteiger partial charge in [-0.15, -0.1) is 4.40 Å². The highest BCUT2D eigenvalue weighted by Gasteiger charge is 2.34. The molecule has 0 radical (unpaired) electrons. The van der Waals surface area contributed by atoms with Gasteiger partial charge in [0.15, 0.2) is 0 Å². The molecule has 7 heteroatoms. The molecule has 1 aromatic carbocycles. The van der Waals surface area contributed by atoms with Gasteiger partial charge in [-0.05, 0) is 18.9 Å². The molecule has 128 valence electrons. The number of rotatable bonds is 1. The van der Waals surface area contributed by atoms with Crippen molar-refractivity contribution in [2.75, 3.05) is 26.2 Å². The fraction of sp³-hybridized carbons (Fsp3) is 0.412. The zero-order chi connectivity index (χ0) is 17.3. The Kier molecular flexibility index (Phi) is 4.45. The van der Waals surface area contributed by atoms with Crippen LogP contribution in [-0.4, -0.2) is 56.1 Å². The van der Waals surface area contributed by atoms with Crippen LogP contribution in [0.2, 0.25) is 0 Å². The van der Waals surface area contributed by atoms with E-state index in [0.29, 0.717) is 43.2 Å². The van der Waals surface area contributed by atoms with Gasteiger partial charge in [0.2, 0.25) is 5.91 Å². The van der Waals surface area contributed by atoms with Gasteiger partial charge in [-0.25, -0.2) is 0 Å². The van der Waals surface area contributed by atoms with Crippen molar-refractivity contribution in [2.45, 2.75) is 20.3 Å². The second kappa shape index (κ2) is 6.39. The van der Waals surface area contributed by atoms with E-state index in [9.17, 15) is 13.2 Å². The Hall–Kier alpha value is -2.15. The molecule has 2 aliphatic rings. The van der Waals surface area contributed by atoms with Gasteiger partial charge in [0.25, 0.3) is 10.0 Å². The number of carbonyl (C=O) groups is 1. The molecule has 0 N–H and O–H groups in total. The molecule has 1 saturated heterocycles. The molecular formula is C17H21N3O3S. The van der Waals surface area contributed by atoms with E-state index in [0.717, 1.165) is 6.42 Å². The zero-order valence-corrected chi connectivity index (χ0v) is 14.7. The number of carbonyl (C=O) groups excluding carboxylic acids is 1. The van der Waals surface area contributed by atoms with Crippen LogP contribution in [0.5, 0.6) is 0 Å². The Morgan fingerprint density at radius 2 is 1.79 bits per heavy atom. The molecule has 2 heterocycles. The summed E-state index contributed by atoms with van der Waals surface area (Å²) in [6.45, 7) is 5.93. The van der Waals surface area contributed by atoms with Crippen molar-refractivity contribution in [2.24, 2.45) is 4.40 Å². The Balaban J connectivity index is 1.92. The highest BCUT2D eigenvalue weighted by molar-refractivity contribution is 8.00. The third-order valence-electron chi connectivity index (χ3n) is 4.42. The average molecular weight is 347 g/mol. The fourth-order valence-corrected chi connectivity index (χ4v) is 4.70. The first kappa shape index (κ1) is 16.7. The molecule has 0 aromatic heterocycles. The first-order valence-corrected chi connectivity index (χ1v) is 9.46. The highest BCUT2D eigenvalue weighted by Crippen LogP contribution is 2.33.